The van der Waals surface area contributed by atoms with Gasteiger partial charge in [-0.1, -0.05) is 17.7 Å². The minimum atomic E-state index is -4.03. The van der Waals surface area contributed by atoms with Crippen LogP contribution in [0.3, 0.4) is 0 Å². The van der Waals surface area contributed by atoms with Gasteiger partial charge in [-0.25, -0.2) is 8.42 Å². The third-order valence-electron chi connectivity index (χ3n) is 3.53. The summed E-state index contributed by atoms with van der Waals surface area (Å²) in [5.74, 6) is -0.396. The highest BCUT2D eigenvalue weighted by atomic mass is 32.2. The highest BCUT2D eigenvalue weighted by Crippen LogP contribution is 2.36. The number of carboxylic acid groups (broad SMARTS) is 1. The van der Waals surface area contributed by atoms with Crippen LogP contribution in [0.4, 0.5) is 5.69 Å². The largest absolute Gasteiger partial charge is 0.480 e. The second kappa shape index (κ2) is 6.04. The number of hydrogen-bond acceptors (Lipinski definition) is 5. The zero-order chi connectivity index (χ0) is 17.3. The van der Waals surface area contributed by atoms with E-state index in [0.29, 0.717) is 11.5 Å². The molecule has 0 aromatic heterocycles. The third-order valence-corrected chi connectivity index (χ3v) is 5.32. The summed E-state index contributed by atoms with van der Waals surface area (Å²) < 4.78 is 37.0. The molecular weight excluding hydrogens is 334 g/mol. The lowest BCUT2D eigenvalue weighted by Crippen LogP contribution is -2.35. The topological polar surface area (TPSA) is 93.1 Å². The molecule has 24 heavy (non-hydrogen) atoms. The predicted octanol–water partition coefficient (Wildman–Crippen LogP) is 2.00. The van der Waals surface area contributed by atoms with Crippen LogP contribution in [0, 0.1) is 6.92 Å². The Balaban J connectivity index is 2.06. The Morgan fingerprint density at radius 2 is 1.79 bits per heavy atom. The predicted molar refractivity (Wildman–Crippen MR) is 85.9 cm³/mol. The molecule has 0 amide bonds. The van der Waals surface area contributed by atoms with Crippen molar-refractivity contribution in [3.8, 4) is 11.5 Å². The van der Waals surface area contributed by atoms with Crippen molar-refractivity contribution in [2.75, 3.05) is 17.6 Å². The number of carboxylic acids is 1. The Labute approximate surface area is 139 Å². The molecule has 2 aromatic carbocycles. The number of hydrogen-bond donors (Lipinski definition) is 1. The van der Waals surface area contributed by atoms with Crippen molar-refractivity contribution in [3.05, 3.63) is 48.0 Å². The van der Waals surface area contributed by atoms with E-state index in [1.165, 1.54) is 24.3 Å². The molecule has 0 spiro atoms. The van der Waals surface area contributed by atoms with Crippen LogP contribution in [-0.4, -0.2) is 32.8 Å². The monoisotopic (exact) mass is 349 g/mol. The number of aryl methyl sites for hydroxylation is 1. The Morgan fingerprint density at radius 1 is 1.12 bits per heavy atom. The van der Waals surface area contributed by atoms with Gasteiger partial charge >= 0.3 is 5.97 Å². The average Bonchev–Trinajstić information content (AvgIpc) is 3.00. The lowest BCUT2D eigenvalue weighted by Gasteiger charge is -2.23. The molecule has 0 bridgehead atoms. The van der Waals surface area contributed by atoms with Crippen LogP contribution in [0.15, 0.2) is 47.4 Å². The summed E-state index contributed by atoms with van der Waals surface area (Å²) >= 11 is 0. The molecule has 0 saturated carbocycles. The number of rotatable bonds is 5. The van der Waals surface area contributed by atoms with Gasteiger partial charge in [0, 0.05) is 6.07 Å². The first-order valence-corrected chi connectivity index (χ1v) is 8.53. The Hall–Kier alpha value is -2.74. The minimum absolute atomic E-state index is 0.0204. The lowest BCUT2D eigenvalue weighted by atomic mass is 10.2. The number of ether oxygens (including phenoxy) is 2. The molecule has 7 nitrogen and oxygen atoms in total. The first kappa shape index (κ1) is 16.1. The van der Waals surface area contributed by atoms with Gasteiger partial charge in [-0.2, -0.15) is 0 Å². The Morgan fingerprint density at radius 3 is 2.46 bits per heavy atom. The molecule has 2 aromatic rings. The number of nitrogens with zero attached hydrogens (tertiary/aromatic N) is 1. The van der Waals surface area contributed by atoms with E-state index in [1.54, 1.807) is 18.2 Å². The zero-order valence-corrected chi connectivity index (χ0v) is 13.6. The molecular formula is C16H15NO6S. The number of benzene rings is 2. The molecule has 1 N–H and O–H groups in total. The van der Waals surface area contributed by atoms with Crippen LogP contribution >= 0.6 is 0 Å². The maximum absolute atomic E-state index is 12.9. The summed E-state index contributed by atoms with van der Waals surface area (Å²) in [6, 6.07) is 10.7. The van der Waals surface area contributed by atoms with Crippen LogP contribution in [0.5, 0.6) is 11.5 Å². The average molecular weight is 349 g/mol. The smallest absolute Gasteiger partial charge is 0.324 e. The molecule has 0 saturated heterocycles. The molecule has 0 aliphatic carbocycles. The van der Waals surface area contributed by atoms with Crippen LogP contribution in [0.25, 0.3) is 0 Å². The van der Waals surface area contributed by atoms with Gasteiger partial charge in [-0.3, -0.25) is 9.10 Å². The molecule has 1 heterocycles. The fourth-order valence-electron chi connectivity index (χ4n) is 2.32. The van der Waals surface area contributed by atoms with Crippen molar-refractivity contribution in [1.82, 2.24) is 0 Å². The van der Waals surface area contributed by atoms with Crippen molar-refractivity contribution < 1.29 is 27.8 Å². The standard InChI is InChI=1S/C16H15NO6S/c1-11-2-5-13(6-3-11)24(20,21)17(9-16(18)19)12-4-7-14-15(8-12)23-10-22-14/h2-8H,9-10H2,1H3,(H,18,19). The minimum Gasteiger partial charge on any atom is -0.480 e. The van der Waals surface area contributed by atoms with E-state index in [0.717, 1.165) is 9.87 Å². The number of anilines is 1. The molecule has 8 heteroatoms. The zero-order valence-electron chi connectivity index (χ0n) is 12.8. The van der Waals surface area contributed by atoms with E-state index >= 15 is 0 Å². The number of carbonyl (C=O) groups is 1. The summed E-state index contributed by atoms with van der Waals surface area (Å²) in [4.78, 5) is 11.2. The number of aliphatic carboxylic acids is 1. The quantitative estimate of drug-likeness (QED) is 0.887. The fraction of sp³-hybridized carbons (Fsp3) is 0.188. The summed E-state index contributed by atoms with van der Waals surface area (Å²) in [5, 5.41) is 9.13. The summed E-state index contributed by atoms with van der Waals surface area (Å²) in [7, 11) is -4.03. The van der Waals surface area contributed by atoms with Gasteiger partial charge in [0.25, 0.3) is 10.0 Å². The van der Waals surface area contributed by atoms with Crippen LogP contribution in [0.1, 0.15) is 5.56 Å². The van der Waals surface area contributed by atoms with Gasteiger partial charge in [-0.15, -0.1) is 0 Å². The Bertz CT molecular complexity index is 876. The van der Waals surface area contributed by atoms with Crippen molar-refractivity contribution >= 4 is 21.7 Å². The Kier molecular flexibility index (Phi) is 4.06. The second-order valence-electron chi connectivity index (χ2n) is 5.26. The second-order valence-corrected chi connectivity index (χ2v) is 7.12. The first-order chi connectivity index (χ1) is 11.4. The highest BCUT2D eigenvalue weighted by Gasteiger charge is 2.28. The first-order valence-electron chi connectivity index (χ1n) is 7.09. The van der Waals surface area contributed by atoms with E-state index in [2.05, 4.69) is 0 Å². The van der Waals surface area contributed by atoms with E-state index in [-0.39, 0.29) is 17.4 Å². The van der Waals surface area contributed by atoms with Crippen molar-refractivity contribution in [3.63, 3.8) is 0 Å². The van der Waals surface area contributed by atoms with Gasteiger partial charge in [0.15, 0.2) is 11.5 Å². The molecule has 0 radical (unpaired) electrons. The highest BCUT2D eigenvalue weighted by molar-refractivity contribution is 7.92. The van der Waals surface area contributed by atoms with Crippen molar-refractivity contribution in [1.29, 1.82) is 0 Å². The van der Waals surface area contributed by atoms with E-state index in [1.807, 2.05) is 6.92 Å². The normalized spacial score (nSPS) is 12.9. The van der Waals surface area contributed by atoms with Gasteiger partial charge in [0.1, 0.15) is 6.54 Å². The maximum Gasteiger partial charge on any atom is 0.324 e. The summed E-state index contributed by atoms with van der Waals surface area (Å²) in [5.41, 5.74) is 1.10. The van der Waals surface area contributed by atoms with Crippen molar-refractivity contribution in [2.24, 2.45) is 0 Å². The maximum atomic E-state index is 12.9. The van der Waals surface area contributed by atoms with E-state index in [4.69, 9.17) is 14.6 Å². The molecule has 0 fully saturated rings. The van der Waals surface area contributed by atoms with Crippen LogP contribution < -0.4 is 13.8 Å². The van der Waals surface area contributed by atoms with Crippen molar-refractivity contribution in [2.45, 2.75) is 11.8 Å². The van der Waals surface area contributed by atoms with E-state index in [9.17, 15) is 13.2 Å². The molecule has 1 aliphatic rings. The fourth-order valence-corrected chi connectivity index (χ4v) is 3.72. The summed E-state index contributed by atoms with van der Waals surface area (Å²) in [6.07, 6.45) is 0. The lowest BCUT2D eigenvalue weighted by molar-refractivity contribution is -0.135. The number of sulfonamides is 1. The van der Waals surface area contributed by atoms with Gasteiger partial charge < -0.3 is 14.6 Å². The van der Waals surface area contributed by atoms with Gasteiger partial charge in [0.05, 0.1) is 10.6 Å². The van der Waals surface area contributed by atoms with Gasteiger partial charge in [0.2, 0.25) is 6.79 Å². The van der Waals surface area contributed by atoms with E-state index < -0.39 is 22.5 Å². The summed E-state index contributed by atoms with van der Waals surface area (Å²) in [6.45, 7) is 1.18. The molecule has 3 rings (SSSR count). The number of fused-ring (bicyclic) bond motifs is 1. The third kappa shape index (κ3) is 3.00. The molecule has 0 unspecified atom stereocenters. The SMILES string of the molecule is Cc1ccc(S(=O)(=O)N(CC(=O)O)c2ccc3c(c2)OCO3)cc1. The van der Waals surface area contributed by atoms with Gasteiger partial charge in [-0.05, 0) is 31.2 Å². The molecule has 126 valence electrons. The molecule has 1 aliphatic heterocycles. The van der Waals surface area contributed by atoms with Crippen LogP contribution in [0.2, 0.25) is 0 Å². The molecule has 0 atom stereocenters. The van der Waals surface area contributed by atoms with Crippen LogP contribution in [-0.2, 0) is 14.8 Å².